The van der Waals surface area contributed by atoms with Crippen molar-refractivity contribution in [1.29, 1.82) is 0 Å². The SMILES string of the molecule is Cc1oc(C)c(S(=O)(=O)N2CCc3ccccc32)c1CN. The van der Waals surface area contributed by atoms with Gasteiger partial charge in [0.25, 0.3) is 10.0 Å². The summed E-state index contributed by atoms with van der Waals surface area (Å²) in [6.45, 7) is 4.01. The molecule has 1 aliphatic rings. The van der Waals surface area contributed by atoms with Crippen LogP contribution in [0.15, 0.2) is 33.6 Å². The molecule has 0 aliphatic carbocycles. The van der Waals surface area contributed by atoms with Crippen LogP contribution in [0.5, 0.6) is 0 Å². The van der Waals surface area contributed by atoms with Gasteiger partial charge in [0.05, 0.1) is 5.69 Å². The topological polar surface area (TPSA) is 76.5 Å². The number of nitrogens with two attached hydrogens (primary N) is 1. The quantitative estimate of drug-likeness (QED) is 0.942. The Hall–Kier alpha value is -1.79. The summed E-state index contributed by atoms with van der Waals surface area (Å²) in [5, 5.41) is 0. The van der Waals surface area contributed by atoms with Crippen molar-refractivity contribution in [1.82, 2.24) is 0 Å². The maximum absolute atomic E-state index is 13.0. The van der Waals surface area contributed by atoms with Crippen LogP contribution in [0.25, 0.3) is 0 Å². The molecule has 2 N–H and O–H groups in total. The number of anilines is 1. The number of fused-ring (bicyclic) bond motifs is 1. The molecular weight excluding hydrogens is 288 g/mol. The van der Waals surface area contributed by atoms with Gasteiger partial charge in [-0.2, -0.15) is 0 Å². The minimum atomic E-state index is -3.65. The van der Waals surface area contributed by atoms with Crippen LogP contribution in [0, 0.1) is 13.8 Å². The van der Waals surface area contributed by atoms with Crippen LogP contribution in [0.1, 0.15) is 22.6 Å². The van der Waals surface area contributed by atoms with E-state index in [9.17, 15) is 8.42 Å². The Bertz CT molecular complexity index is 793. The monoisotopic (exact) mass is 306 g/mol. The lowest BCUT2D eigenvalue weighted by molar-refractivity contribution is 0.494. The third-order valence-corrected chi connectivity index (χ3v) is 5.93. The van der Waals surface area contributed by atoms with Crippen LogP contribution in [-0.4, -0.2) is 15.0 Å². The van der Waals surface area contributed by atoms with Gasteiger partial charge in [-0.05, 0) is 31.9 Å². The number of aryl methyl sites for hydroxylation is 2. The third kappa shape index (κ3) is 2.06. The van der Waals surface area contributed by atoms with Gasteiger partial charge in [0.15, 0.2) is 0 Å². The van der Waals surface area contributed by atoms with Crippen molar-refractivity contribution in [3.8, 4) is 0 Å². The summed E-state index contributed by atoms with van der Waals surface area (Å²) in [5.41, 5.74) is 8.08. The van der Waals surface area contributed by atoms with Crippen molar-refractivity contribution in [3.05, 3.63) is 46.9 Å². The van der Waals surface area contributed by atoms with Crippen molar-refractivity contribution in [2.75, 3.05) is 10.8 Å². The molecule has 112 valence electrons. The van der Waals surface area contributed by atoms with E-state index >= 15 is 0 Å². The van der Waals surface area contributed by atoms with Gasteiger partial charge < -0.3 is 10.2 Å². The molecule has 3 rings (SSSR count). The van der Waals surface area contributed by atoms with E-state index in [0.717, 1.165) is 17.7 Å². The highest BCUT2D eigenvalue weighted by molar-refractivity contribution is 7.93. The van der Waals surface area contributed by atoms with E-state index in [1.807, 2.05) is 24.3 Å². The first-order valence-corrected chi connectivity index (χ1v) is 8.30. The lowest BCUT2D eigenvalue weighted by atomic mass is 10.2. The Morgan fingerprint density at radius 2 is 1.95 bits per heavy atom. The zero-order valence-electron chi connectivity index (χ0n) is 12.1. The van der Waals surface area contributed by atoms with Crippen LogP contribution in [0.3, 0.4) is 0 Å². The van der Waals surface area contributed by atoms with E-state index in [1.54, 1.807) is 13.8 Å². The van der Waals surface area contributed by atoms with Gasteiger partial charge in [-0.3, -0.25) is 4.31 Å². The summed E-state index contributed by atoms with van der Waals surface area (Å²) in [5.74, 6) is 0.971. The molecule has 0 saturated heterocycles. The summed E-state index contributed by atoms with van der Waals surface area (Å²) >= 11 is 0. The summed E-state index contributed by atoms with van der Waals surface area (Å²) in [6.07, 6.45) is 0.725. The minimum absolute atomic E-state index is 0.146. The highest BCUT2D eigenvalue weighted by atomic mass is 32.2. The number of benzene rings is 1. The fourth-order valence-electron chi connectivity index (χ4n) is 2.95. The van der Waals surface area contributed by atoms with Crippen molar-refractivity contribution < 1.29 is 12.8 Å². The molecule has 0 bridgehead atoms. The zero-order valence-corrected chi connectivity index (χ0v) is 12.9. The van der Waals surface area contributed by atoms with Crippen LogP contribution >= 0.6 is 0 Å². The molecule has 5 nitrogen and oxygen atoms in total. The standard InChI is InChI=1S/C15H18N2O3S/c1-10-13(9-16)15(11(2)20-10)21(18,19)17-8-7-12-5-3-4-6-14(12)17/h3-6H,7-9,16H2,1-2H3. The van der Waals surface area contributed by atoms with Gasteiger partial charge in [0, 0.05) is 18.7 Å². The molecule has 1 aromatic heterocycles. The maximum Gasteiger partial charge on any atom is 0.268 e. The Labute approximate surface area is 124 Å². The minimum Gasteiger partial charge on any atom is -0.465 e. The first kappa shape index (κ1) is 14.2. The third-order valence-electron chi connectivity index (χ3n) is 3.92. The number of para-hydroxylation sites is 1. The molecule has 0 unspecified atom stereocenters. The van der Waals surface area contributed by atoms with Gasteiger partial charge in [0.2, 0.25) is 0 Å². The molecule has 6 heteroatoms. The normalized spacial score (nSPS) is 14.5. The molecule has 0 fully saturated rings. The fraction of sp³-hybridized carbons (Fsp3) is 0.333. The van der Waals surface area contributed by atoms with E-state index in [0.29, 0.717) is 23.6 Å². The molecule has 0 spiro atoms. The molecule has 1 aliphatic heterocycles. The van der Waals surface area contributed by atoms with E-state index < -0.39 is 10.0 Å². The second kappa shape index (κ2) is 4.89. The lowest BCUT2D eigenvalue weighted by Crippen LogP contribution is -2.30. The number of rotatable bonds is 3. The molecule has 0 radical (unpaired) electrons. The Morgan fingerprint density at radius 3 is 2.67 bits per heavy atom. The Morgan fingerprint density at radius 1 is 1.24 bits per heavy atom. The maximum atomic E-state index is 13.0. The van der Waals surface area contributed by atoms with Crippen LogP contribution in [0.4, 0.5) is 5.69 Å². The van der Waals surface area contributed by atoms with Gasteiger partial charge >= 0.3 is 0 Å². The molecule has 2 aromatic rings. The van der Waals surface area contributed by atoms with E-state index in [-0.39, 0.29) is 11.4 Å². The summed E-state index contributed by atoms with van der Waals surface area (Å²) in [7, 11) is -3.65. The highest BCUT2D eigenvalue weighted by Gasteiger charge is 2.35. The average Bonchev–Trinajstić information content (AvgIpc) is 2.99. The number of hydrogen-bond donors (Lipinski definition) is 1. The smallest absolute Gasteiger partial charge is 0.268 e. The fourth-order valence-corrected chi connectivity index (χ4v) is 4.88. The highest BCUT2D eigenvalue weighted by Crippen LogP contribution is 2.36. The van der Waals surface area contributed by atoms with Gasteiger partial charge in [-0.1, -0.05) is 18.2 Å². The zero-order chi connectivity index (χ0) is 15.2. The molecular formula is C15H18N2O3S. The molecule has 0 saturated carbocycles. The van der Waals surface area contributed by atoms with E-state index in [2.05, 4.69) is 0 Å². The van der Waals surface area contributed by atoms with Crippen molar-refractivity contribution in [3.63, 3.8) is 0 Å². The van der Waals surface area contributed by atoms with Crippen molar-refractivity contribution >= 4 is 15.7 Å². The predicted molar refractivity (Wildman–Crippen MR) is 80.8 cm³/mol. The summed E-state index contributed by atoms with van der Waals surface area (Å²) < 4.78 is 33.0. The summed E-state index contributed by atoms with van der Waals surface area (Å²) in [6, 6.07) is 7.57. The van der Waals surface area contributed by atoms with Gasteiger partial charge in [0.1, 0.15) is 16.4 Å². The van der Waals surface area contributed by atoms with Crippen molar-refractivity contribution in [2.45, 2.75) is 31.7 Å². The number of hydrogen-bond acceptors (Lipinski definition) is 4. The Balaban J connectivity index is 2.15. The first-order valence-electron chi connectivity index (χ1n) is 6.86. The molecule has 1 aromatic carbocycles. The summed E-state index contributed by atoms with van der Waals surface area (Å²) in [4.78, 5) is 0.221. The number of furan rings is 1. The molecule has 0 amide bonds. The molecule has 2 heterocycles. The number of nitrogens with zero attached hydrogens (tertiary/aromatic N) is 1. The molecule has 0 atom stereocenters. The van der Waals surface area contributed by atoms with Crippen LogP contribution in [0.2, 0.25) is 0 Å². The van der Waals surface area contributed by atoms with Crippen LogP contribution < -0.4 is 10.0 Å². The van der Waals surface area contributed by atoms with E-state index in [1.165, 1.54) is 4.31 Å². The second-order valence-electron chi connectivity index (χ2n) is 5.18. The molecule has 21 heavy (non-hydrogen) atoms. The largest absolute Gasteiger partial charge is 0.465 e. The van der Waals surface area contributed by atoms with E-state index in [4.69, 9.17) is 10.2 Å². The first-order chi connectivity index (χ1) is 9.96. The average molecular weight is 306 g/mol. The number of sulfonamides is 1. The predicted octanol–water partition coefficient (Wildman–Crippen LogP) is 2.11. The van der Waals surface area contributed by atoms with Crippen LogP contribution in [-0.2, 0) is 23.0 Å². The lowest BCUT2D eigenvalue weighted by Gasteiger charge is -2.20. The van der Waals surface area contributed by atoms with Crippen molar-refractivity contribution in [2.24, 2.45) is 5.73 Å². The van der Waals surface area contributed by atoms with Gasteiger partial charge in [-0.15, -0.1) is 0 Å². The van der Waals surface area contributed by atoms with Gasteiger partial charge in [-0.25, -0.2) is 8.42 Å². The Kier molecular flexibility index (Phi) is 3.30. The second-order valence-corrected chi connectivity index (χ2v) is 6.98.